The van der Waals surface area contributed by atoms with E-state index in [1.54, 1.807) is 12.3 Å². The molecule has 4 rings (SSSR count). The molecular weight excluding hydrogens is 335 g/mol. The van der Waals surface area contributed by atoms with E-state index < -0.39 is 0 Å². The molecule has 0 saturated carbocycles. The predicted octanol–water partition coefficient (Wildman–Crippen LogP) is 3.61. The van der Waals surface area contributed by atoms with E-state index in [0.29, 0.717) is 5.11 Å². The van der Waals surface area contributed by atoms with Gasteiger partial charge in [-0.2, -0.15) is 0 Å². The van der Waals surface area contributed by atoms with Gasteiger partial charge in [-0.25, -0.2) is 4.39 Å². The van der Waals surface area contributed by atoms with Crippen LogP contribution < -0.4 is 5.32 Å². The summed E-state index contributed by atoms with van der Waals surface area (Å²) in [5.41, 5.74) is 2.73. The lowest BCUT2D eigenvalue weighted by Gasteiger charge is -2.25. The third-order valence-corrected chi connectivity index (χ3v) is 4.91. The second-order valence-corrected chi connectivity index (χ2v) is 6.41. The van der Waals surface area contributed by atoms with Crippen LogP contribution in [-0.2, 0) is 0 Å². The van der Waals surface area contributed by atoms with Crippen LogP contribution in [0, 0.1) is 5.82 Å². The number of aromatic nitrogens is 2. The fourth-order valence-corrected chi connectivity index (χ4v) is 3.57. The first kappa shape index (κ1) is 15.8. The molecule has 1 saturated heterocycles. The van der Waals surface area contributed by atoms with Crippen molar-refractivity contribution in [3.05, 3.63) is 84.2 Å². The van der Waals surface area contributed by atoms with E-state index in [1.807, 2.05) is 59.1 Å². The number of nitrogens with zero attached hydrogens (tertiary/aromatic N) is 3. The maximum absolute atomic E-state index is 13.7. The SMILES string of the molecule is CN1C(=S)N[C@@H](c2ccccn2)[C@@H]1c1cccn1-c1cccc(F)c1. The van der Waals surface area contributed by atoms with Crippen LogP contribution in [0.1, 0.15) is 23.5 Å². The maximum atomic E-state index is 13.7. The molecular formula is C19H17FN4S. The zero-order chi connectivity index (χ0) is 17.4. The van der Waals surface area contributed by atoms with Gasteiger partial charge in [-0.05, 0) is 54.7 Å². The number of benzene rings is 1. The van der Waals surface area contributed by atoms with Gasteiger partial charge in [0, 0.05) is 30.8 Å². The van der Waals surface area contributed by atoms with Crippen molar-refractivity contribution in [2.24, 2.45) is 0 Å². The second kappa shape index (κ2) is 6.29. The Morgan fingerprint density at radius 3 is 2.76 bits per heavy atom. The first-order valence-electron chi connectivity index (χ1n) is 8.02. The highest BCUT2D eigenvalue weighted by atomic mass is 32.1. The van der Waals surface area contributed by atoms with Crippen LogP contribution in [0.15, 0.2) is 67.0 Å². The Hall–Kier alpha value is -2.73. The van der Waals surface area contributed by atoms with Crippen LogP contribution in [0.4, 0.5) is 4.39 Å². The van der Waals surface area contributed by atoms with Gasteiger partial charge in [0.05, 0.1) is 17.8 Å². The van der Waals surface area contributed by atoms with Crippen LogP contribution in [0.25, 0.3) is 5.69 Å². The summed E-state index contributed by atoms with van der Waals surface area (Å²) in [6.45, 7) is 0. The molecule has 2 aromatic heterocycles. The van der Waals surface area contributed by atoms with E-state index in [-0.39, 0.29) is 17.9 Å². The first-order valence-corrected chi connectivity index (χ1v) is 8.43. The summed E-state index contributed by atoms with van der Waals surface area (Å²) >= 11 is 5.47. The summed E-state index contributed by atoms with van der Waals surface area (Å²) in [5, 5.41) is 4.03. The monoisotopic (exact) mass is 352 g/mol. The van der Waals surface area contributed by atoms with E-state index >= 15 is 0 Å². The molecule has 25 heavy (non-hydrogen) atoms. The van der Waals surface area contributed by atoms with Gasteiger partial charge in [0.25, 0.3) is 0 Å². The number of hydrogen-bond donors (Lipinski definition) is 1. The largest absolute Gasteiger partial charge is 0.352 e. The summed E-state index contributed by atoms with van der Waals surface area (Å²) < 4.78 is 15.7. The average Bonchev–Trinajstić information content (AvgIpc) is 3.21. The van der Waals surface area contributed by atoms with Crippen LogP contribution in [-0.4, -0.2) is 26.6 Å². The molecule has 0 aliphatic carbocycles. The van der Waals surface area contributed by atoms with E-state index in [1.165, 1.54) is 12.1 Å². The van der Waals surface area contributed by atoms with Crippen molar-refractivity contribution in [3.8, 4) is 5.69 Å². The van der Waals surface area contributed by atoms with Crippen molar-refractivity contribution in [1.82, 2.24) is 19.8 Å². The first-order chi connectivity index (χ1) is 12.1. The zero-order valence-corrected chi connectivity index (χ0v) is 14.4. The fourth-order valence-electron chi connectivity index (χ4n) is 3.32. The highest BCUT2D eigenvalue weighted by Gasteiger charge is 2.39. The molecule has 2 atom stereocenters. The topological polar surface area (TPSA) is 33.1 Å². The van der Waals surface area contributed by atoms with Gasteiger partial charge in [0.1, 0.15) is 5.82 Å². The Balaban J connectivity index is 1.80. The van der Waals surface area contributed by atoms with Crippen LogP contribution in [0.2, 0.25) is 0 Å². The summed E-state index contributed by atoms with van der Waals surface area (Å²) in [7, 11) is 1.96. The van der Waals surface area contributed by atoms with Crippen LogP contribution in [0.5, 0.6) is 0 Å². The lowest BCUT2D eigenvalue weighted by atomic mass is 10.0. The molecule has 0 unspecified atom stereocenters. The van der Waals surface area contributed by atoms with Gasteiger partial charge in [-0.15, -0.1) is 0 Å². The number of rotatable bonds is 3. The minimum atomic E-state index is -0.258. The minimum absolute atomic E-state index is 0.0410. The third kappa shape index (κ3) is 2.78. The molecule has 0 amide bonds. The predicted molar refractivity (Wildman–Crippen MR) is 98.9 cm³/mol. The van der Waals surface area contributed by atoms with Crippen molar-refractivity contribution in [1.29, 1.82) is 0 Å². The van der Waals surface area contributed by atoms with Crippen molar-refractivity contribution in [3.63, 3.8) is 0 Å². The van der Waals surface area contributed by atoms with Crippen molar-refractivity contribution in [2.45, 2.75) is 12.1 Å². The second-order valence-electron chi connectivity index (χ2n) is 6.02. The number of thiocarbonyl (C=S) groups is 1. The van der Waals surface area contributed by atoms with Gasteiger partial charge in [0.2, 0.25) is 0 Å². The Bertz CT molecular complexity index is 909. The number of hydrogen-bond acceptors (Lipinski definition) is 2. The molecule has 1 aliphatic heterocycles. The molecule has 1 aliphatic rings. The molecule has 126 valence electrons. The molecule has 4 nitrogen and oxygen atoms in total. The standard InChI is InChI=1S/C19H17FN4S/c1-23-18(17(22-19(23)25)15-8-2-3-10-21-15)16-9-5-11-24(16)14-7-4-6-13(20)12-14/h2-12,17-18H,1H3,(H,22,25)/t17-,18-/m0/s1. The normalized spacial score (nSPS) is 19.9. The molecule has 3 aromatic rings. The third-order valence-electron chi connectivity index (χ3n) is 4.51. The minimum Gasteiger partial charge on any atom is -0.352 e. The zero-order valence-electron chi connectivity index (χ0n) is 13.6. The highest BCUT2D eigenvalue weighted by molar-refractivity contribution is 7.80. The van der Waals surface area contributed by atoms with E-state index in [2.05, 4.69) is 10.3 Å². The Morgan fingerprint density at radius 2 is 2.00 bits per heavy atom. The lowest BCUT2D eigenvalue weighted by Crippen LogP contribution is -2.25. The van der Waals surface area contributed by atoms with E-state index in [4.69, 9.17) is 12.2 Å². The van der Waals surface area contributed by atoms with Crippen molar-refractivity contribution in [2.75, 3.05) is 7.05 Å². The number of nitrogens with one attached hydrogen (secondary N) is 1. The lowest BCUT2D eigenvalue weighted by molar-refractivity contribution is 0.357. The molecule has 3 heterocycles. The Labute approximate surface area is 150 Å². The average molecular weight is 352 g/mol. The Morgan fingerprint density at radius 1 is 1.12 bits per heavy atom. The smallest absolute Gasteiger partial charge is 0.169 e. The summed E-state index contributed by atoms with van der Waals surface area (Å²) in [4.78, 5) is 6.52. The van der Waals surface area contributed by atoms with Gasteiger partial charge in [-0.3, -0.25) is 4.98 Å². The molecule has 0 spiro atoms. The molecule has 0 bridgehead atoms. The van der Waals surface area contributed by atoms with E-state index in [9.17, 15) is 4.39 Å². The number of likely N-dealkylation sites (N-methyl/N-ethyl adjacent to an activating group) is 1. The molecule has 1 aromatic carbocycles. The van der Waals surface area contributed by atoms with Gasteiger partial charge in [0.15, 0.2) is 5.11 Å². The molecule has 1 fully saturated rings. The summed E-state index contributed by atoms with van der Waals surface area (Å²) in [5.74, 6) is -0.258. The van der Waals surface area contributed by atoms with Crippen LogP contribution >= 0.6 is 12.2 Å². The van der Waals surface area contributed by atoms with Crippen molar-refractivity contribution >= 4 is 17.3 Å². The maximum Gasteiger partial charge on any atom is 0.169 e. The number of pyridine rings is 1. The number of halogens is 1. The summed E-state index contributed by atoms with van der Waals surface area (Å²) in [6.07, 6.45) is 3.72. The van der Waals surface area contributed by atoms with Crippen molar-refractivity contribution < 1.29 is 4.39 Å². The molecule has 6 heteroatoms. The highest BCUT2D eigenvalue weighted by Crippen LogP contribution is 2.38. The Kier molecular flexibility index (Phi) is 3.97. The van der Waals surface area contributed by atoms with Gasteiger partial charge >= 0.3 is 0 Å². The summed E-state index contributed by atoms with van der Waals surface area (Å²) in [6, 6.07) is 16.3. The molecule has 0 radical (unpaired) electrons. The molecule has 1 N–H and O–H groups in total. The quantitative estimate of drug-likeness (QED) is 0.730. The van der Waals surface area contributed by atoms with Gasteiger partial charge < -0.3 is 14.8 Å². The van der Waals surface area contributed by atoms with Gasteiger partial charge in [-0.1, -0.05) is 12.1 Å². The van der Waals surface area contributed by atoms with E-state index in [0.717, 1.165) is 17.1 Å². The van der Waals surface area contributed by atoms with Crippen LogP contribution in [0.3, 0.4) is 0 Å². The fraction of sp³-hybridized carbons (Fsp3) is 0.158.